The van der Waals surface area contributed by atoms with Crippen molar-refractivity contribution in [2.45, 2.75) is 6.23 Å². The Bertz CT molecular complexity index is 353. The SMILES string of the molecule is COc1ccc([C@@H]2N=CN(CCl)O2)cc1. The molecule has 0 amide bonds. The molecule has 0 saturated heterocycles. The summed E-state index contributed by atoms with van der Waals surface area (Å²) in [5.41, 5.74) is 0.972. The van der Waals surface area contributed by atoms with Crippen molar-refractivity contribution >= 4 is 17.9 Å². The highest BCUT2D eigenvalue weighted by Gasteiger charge is 2.19. The molecule has 1 heterocycles. The van der Waals surface area contributed by atoms with Crippen LogP contribution in [-0.2, 0) is 4.84 Å². The summed E-state index contributed by atoms with van der Waals surface area (Å²) in [5, 5.41) is 1.48. The third-order valence-electron chi connectivity index (χ3n) is 2.08. The van der Waals surface area contributed by atoms with Crippen LogP contribution in [0.5, 0.6) is 5.75 Å². The summed E-state index contributed by atoms with van der Waals surface area (Å²) in [6.45, 7) is 0. The molecular formula is C10H11ClN2O2. The van der Waals surface area contributed by atoms with E-state index in [1.807, 2.05) is 24.3 Å². The molecule has 4 nitrogen and oxygen atoms in total. The summed E-state index contributed by atoms with van der Waals surface area (Å²) in [5.74, 6) is 0.815. The van der Waals surface area contributed by atoms with Gasteiger partial charge in [-0.1, -0.05) is 12.1 Å². The molecular weight excluding hydrogens is 216 g/mol. The van der Waals surface area contributed by atoms with Crippen LogP contribution in [0.2, 0.25) is 0 Å². The maximum atomic E-state index is 5.60. The fourth-order valence-electron chi connectivity index (χ4n) is 1.29. The second-order valence-corrected chi connectivity index (χ2v) is 3.27. The van der Waals surface area contributed by atoms with E-state index in [0.717, 1.165) is 11.3 Å². The van der Waals surface area contributed by atoms with Gasteiger partial charge in [-0.25, -0.2) is 14.9 Å². The highest BCUT2D eigenvalue weighted by Crippen LogP contribution is 2.25. The van der Waals surface area contributed by atoms with Crippen molar-refractivity contribution in [3.05, 3.63) is 29.8 Å². The summed E-state index contributed by atoms with van der Waals surface area (Å²) in [6, 6.07) is 7.85. The zero-order valence-corrected chi connectivity index (χ0v) is 9.02. The third-order valence-corrected chi connectivity index (χ3v) is 2.32. The molecule has 2 rings (SSSR count). The highest BCUT2D eigenvalue weighted by molar-refractivity contribution is 6.18. The first kappa shape index (κ1) is 10.3. The van der Waals surface area contributed by atoms with Gasteiger partial charge in [0, 0.05) is 5.56 Å². The van der Waals surface area contributed by atoms with Gasteiger partial charge in [-0.3, -0.25) is 0 Å². The van der Waals surface area contributed by atoms with E-state index >= 15 is 0 Å². The van der Waals surface area contributed by atoms with Gasteiger partial charge in [0.2, 0.25) is 6.23 Å². The molecule has 1 aliphatic rings. The predicted molar refractivity (Wildman–Crippen MR) is 57.9 cm³/mol. The average molecular weight is 227 g/mol. The van der Waals surface area contributed by atoms with Gasteiger partial charge in [0.05, 0.1) is 7.11 Å². The Morgan fingerprint density at radius 3 is 2.73 bits per heavy atom. The Hall–Kier alpha value is -1.26. The first-order valence-corrected chi connectivity index (χ1v) is 5.03. The minimum Gasteiger partial charge on any atom is -0.497 e. The molecule has 0 N–H and O–H groups in total. The molecule has 1 aliphatic heterocycles. The number of nitrogens with zero attached hydrogens (tertiary/aromatic N) is 2. The summed E-state index contributed by atoms with van der Waals surface area (Å²) in [7, 11) is 1.63. The van der Waals surface area contributed by atoms with Gasteiger partial charge in [-0.15, -0.1) is 11.6 Å². The monoisotopic (exact) mass is 226 g/mol. The van der Waals surface area contributed by atoms with Crippen molar-refractivity contribution < 1.29 is 9.57 Å². The minimum absolute atomic E-state index is 0.274. The van der Waals surface area contributed by atoms with Gasteiger partial charge in [0.25, 0.3) is 0 Å². The number of aliphatic imine (C=N–C) groups is 1. The fourth-order valence-corrected chi connectivity index (χ4v) is 1.41. The average Bonchev–Trinajstić information content (AvgIpc) is 2.78. The van der Waals surface area contributed by atoms with Crippen LogP contribution < -0.4 is 4.74 Å². The summed E-state index contributed by atoms with van der Waals surface area (Å²) < 4.78 is 5.06. The molecule has 15 heavy (non-hydrogen) atoms. The number of halogens is 1. The molecule has 0 saturated carbocycles. The first-order valence-electron chi connectivity index (χ1n) is 4.50. The van der Waals surface area contributed by atoms with Crippen molar-refractivity contribution in [1.82, 2.24) is 5.06 Å². The number of alkyl halides is 1. The lowest BCUT2D eigenvalue weighted by Crippen LogP contribution is -2.15. The quantitative estimate of drug-likeness (QED) is 0.585. The third kappa shape index (κ3) is 2.22. The molecule has 0 bridgehead atoms. The van der Waals surface area contributed by atoms with Crippen molar-refractivity contribution in [1.29, 1.82) is 0 Å². The molecule has 0 unspecified atom stereocenters. The highest BCUT2D eigenvalue weighted by atomic mass is 35.5. The molecule has 0 spiro atoms. The van der Waals surface area contributed by atoms with Gasteiger partial charge in [-0.05, 0) is 12.1 Å². The van der Waals surface area contributed by atoms with Crippen LogP contribution in [0.4, 0.5) is 0 Å². The number of methoxy groups -OCH3 is 1. The van der Waals surface area contributed by atoms with Gasteiger partial charge < -0.3 is 4.74 Å². The standard InChI is InChI=1S/C10H11ClN2O2/c1-14-9-4-2-8(3-5-9)10-12-7-13(6-11)15-10/h2-5,7,10H,6H2,1H3/t10-/m1/s1. The Morgan fingerprint density at radius 1 is 1.47 bits per heavy atom. The van der Waals surface area contributed by atoms with Crippen LogP contribution in [0.25, 0.3) is 0 Å². The molecule has 1 atom stereocenters. The van der Waals surface area contributed by atoms with Crippen LogP contribution in [0.15, 0.2) is 29.3 Å². The van der Waals surface area contributed by atoms with Crippen molar-refractivity contribution in [2.24, 2.45) is 4.99 Å². The molecule has 0 aliphatic carbocycles. The van der Waals surface area contributed by atoms with Crippen LogP contribution >= 0.6 is 11.6 Å². The van der Waals surface area contributed by atoms with E-state index in [2.05, 4.69) is 4.99 Å². The lowest BCUT2D eigenvalue weighted by Gasteiger charge is -2.13. The first-order chi connectivity index (χ1) is 7.33. The number of benzene rings is 1. The van der Waals surface area contributed by atoms with Gasteiger partial charge >= 0.3 is 0 Å². The molecule has 0 aromatic heterocycles. The fraction of sp³-hybridized carbons (Fsp3) is 0.300. The maximum Gasteiger partial charge on any atom is 0.202 e. The van der Waals surface area contributed by atoms with Crippen LogP contribution in [0.1, 0.15) is 11.8 Å². The second kappa shape index (κ2) is 4.51. The molecule has 0 radical (unpaired) electrons. The Kier molecular flexibility index (Phi) is 3.08. The Morgan fingerprint density at radius 2 is 2.20 bits per heavy atom. The summed E-state index contributed by atoms with van der Waals surface area (Å²) in [4.78, 5) is 9.58. The zero-order chi connectivity index (χ0) is 10.7. The number of ether oxygens (including phenoxy) is 1. The molecule has 1 aromatic rings. The van der Waals surface area contributed by atoms with Gasteiger partial charge in [0.1, 0.15) is 18.1 Å². The Balaban J connectivity index is 2.08. The van der Waals surface area contributed by atoms with E-state index in [1.54, 1.807) is 13.4 Å². The van der Waals surface area contributed by atoms with E-state index in [1.165, 1.54) is 5.06 Å². The topological polar surface area (TPSA) is 34.1 Å². The number of rotatable bonds is 3. The number of hydroxylamine groups is 2. The van der Waals surface area contributed by atoms with E-state index in [4.69, 9.17) is 21.2 Å². The van der Waals surface area contributed by atoms with E-state index in [9.17, 15) is 0 Å². The summed E-state index contributed by atoms with van der Waals surface area (Å²) >= 11 is 5.60. The van der Waals surface area contributed by atoms with Gasteiger partial charge in [-0.2, -0.15) is 0 Å². The van der Waals surface area contributed by atoms with Crippen molar-refractivity contribution in [2.75, 3.05) is 13.1 Å². The van der Waals surface area contributed by atoms with Crippen molar-refractivity contribution in [3.8, 4) is 5.75 Å². The summed E-state index contributed by atoms with van der Waals surface area (Å²) in [6.07, 6.45) is 1.29. The molecule has 0 fully saturated rings. The van der Waals surface area contributed by atoms with Crippen LogP contribution in [0, 0.1) is 0 Å². The minimum atomic E-state index is -0.297. The Labute approximate surface area is 93.0 Å². The zero-order valence-electron chi connectivity index (χ0n) is 8.26. The largest absolute Gasteiger partial charge is 0.497 e. The van der Waals surface area contributed by atoms with E-state index < -0.39 is 0 Å². The lowest BCUT2D eigenvalue weighted by atomic mass is 10.2. The van der Waals surface area contributed by atoms with Crippen LogP contribution in [0.3, 0.4) is 0 Å². The predicted octanol–water partition coefficient (Wildman–Crippen LogP) is 2.17. The van der Waals surface area contributed by atoms with E-state index in [0.29, 0.717) is 0 Å². The lowest BCUT2D eigenvalue weighted by molar-refractivity contribution is -0.109. The van der Waals surface area contributed by atoms with Gasteiger partial charge in [0.15, 0.2) is 0 Å². The maximum absolute atomic E-state index is 5.60. The van der Waals surface area contributed by atoms with Crippen molar-refractivity contribution in [3.63, 3.8) is 0 Å². The van der Waals surface area contributed by atoms with E-state index in [-0.39, 0.29) is 12.2 Å². The molecule has 1 aromatic carbocycles. The molecule has 5 heteroatoms. The van der Waals surface area contributed by atoms with Crippen LogP contribution in [-0.4, -0.2) is 24.5 Å². The molecule has 80 valence electrons. The smallest absolute Gasteiger partial charge is 0.202 e. The number of hydrogen-bond acceptors (Lipinski definition) is 4. The normalized spacial score (nSPS) is 19.6. The second-order valence-electron chi connectivity index (χ2n) is 3.03. The number of hydrogen-bond donors (Lipinski definition) is 0.